The lowest BCUT2D eigenvalue weighted by atomic mass is 9.80. The third kappa shape index (κ3) is 3.33. The first-order chi connectivity index (χ1) is 11.7. The van der Waals surface area contributed by atoms with Crippen molar-refractivity contribution in [3.8, 4) is 0 Å². The number of anilines is 1. The van der Waals surface area contributed by atoms with E-state index in [1.54, 1.807) is 12.3 Å². The van der Waals surface area contributed by atoms with E-state index < -0.39 is 0 Å². The molecule has 1 aliphatic heterocycles. The molecule has 3 rings (SSSR count). The van der Waals surface area contributed by atoms with Crippen LogP contribution in [0.15, 0.2) is 35.3 Å². The summed E-state index contributed by atoms with van der Waals surface area (Å²) in [6.45, 7) is 10.7. The summed E-state index contributed by atoms with van der Waals surface area (Å²) in [6.07, 6.45) is 2.71. The van der Waals surface area contributed by atoms with Gasteiger partial charge < -0.3 is 4.90 Å². The maximum absolute atomic E-state index is 14.7. The van der Waals surface area contributed by atoms with E-state index in [9.17, 15) is 4.39 Å². The van der Waals surface area contributed by atoms with E-state index in [0.29, 0.717) is 11.5 Å². The van der Waals surface area contributed by atoms with Crippen molar-refractivity contribution in [3.05, 3.63) is 58.4 Å². The SMILES string of the molecule is Cc1ccc(C)c(N=Cc2cc3c(cc2F)N(C)C(C)(C)CC3C)c1. The monoisotopic (exact) mass is 338 g/mol. The molecular weight excluding hydrogens is 311 g/mol. The van der Waals surface area contributed by atoms with Gasteiger partial charge in [-0.15, -0.1) is 0 Å². The number of aryl methyl sites for hydroxylation is 2. The molecule has 1 atom stereocenters. The minimum absolute atomic E-state index is 0.0349. The Morgan fingerprint density at radius 2 is 1.92 bits per heavy atom. The molecular formula is C22H27FN2. The number of rotatable bonds is 2. The molecule has 132 valence electrons. The molecule has 0 fully saturated rings. The van der Waals surface area contributed by atoms with Gasteiger partial charge in [-0.3, -0.25) is 4.99 Å². The Kier molecular flexibility index (Phi) is 4.44. The average Bonchev–Trinajstić information content (AvgIpc) is 2.54. The van der Waals surface area contributed by atoms with Crippen molar-refractivity contribution in [1.29, 1.82) is 0 Å². The van der Waals surface area contributed by atoms with E-state index in [4.69, 9.17) is 0 Å². The van der Waals surface area contributed by atoms with Crippen LogP contribution in [0, 0.1) is 19.7 Å². The number of benzene rings is 2. The van der Waals surface area contributed by atoms with Crippen molar-refractivity contribution >= 4 is 17.6 Å². The molecule has 0 amide bonds. The summed E-state index contributed by atoms with van der Waals surface area (Å²) in [4.78, 5) is 6.73. The number of hydrogen-bond donors (Lipinski definition) is 0. The molecule has 2 aromatic rings. The fraction of sp³-hybridized carbons (Fsp3) is 0.409. The van der Waals surface area contributed by atoms with Gasteiger partial charge in [0.1, 0.15) is 5.82 Å². The first-order valence-corrected chi connectivity index (χ1v) is 8.87. The van der Waals surface area contributed by atoms with Crippen molar-refractivity contribution in [2.45, 2.75) is 52.5 Å². The predicted molar refractivity (Wildman–Crippen MR) is 105 cm³/mol. The van der Waals surface area contributed by atoms with E-state index in [2.05, 4.69) is 36.7 Å². The highest BCUT2D eigenvalue weighted by Gasteiger charge is 2.34. The van der Waals surface area contributed by atoms with Gasteiger partial charge in [0.25, 0.3) is 0 Å². The molecule has 0 radical (unpaired) electrons. The highest BCUT2D eigenvalue weighted by molar-refractivity contribution is 5.84. The molecule has 0 spiro atoms. The van der Waals surface area contributed by atoms with Gasteiger partial charge in [-0.05, 0) is 74.9 Å². The molecule has 1 heterocycles. The minimum atomic E-state index is -0.218. The molecule has 0 saturated carbocycles. The molecule has 0 aromatic heterocycles. The Bertz CT molecular complexity index is 836. The van der Waals surface area contributed by atoms with Gasteiger partial charge in [-0.1, -0.05) is 19.1 Å². The van der Waals surface area contributed by atoms with Crippen molar-refractivity contribution in [1.82, 2.24) is 0 Å². The zero-order chi connectivity index (χ0) is 18.4. The van der Waals surface area contributed by atoms with Crippen molar-refractivity contribution in [2.75, 3.05) is 11.9 Å². The van der Waals surface area contributed by atoms with Crippen LogP contribution < -0.4 is 4.90 Å². The van der Waals surface area contributed by atoms with Crippen LogP contribution in [0.25, 0.3) is 0 Å². The Morgan fingerprint density at radius 3 is 2.64 bits per heavy atom. The van der Waals surface area contributed by atoms with Crippen molar-refractivity contribution < 1.29 is 4.39 Å². The largest absolute Gasteiger partial charge is 0.369 e. The van der Waals surface area contributed by atoms with Gasteiger partial charge in [0.05, 0.1) is 5.69 Å². The molecule has 0 N–H and O–H groups in total. The third-order valence-electron chi connectivity index (χ3n) is 5.46. The van der Waals surface area contributed by atoms with Crippen LogP contribution in [0.2, 0.25) is 0 Å². The smallest absolute Gasteiger partial charge is 0.134 e. The summed E-state index contributed by atoms with van der Waals surface area (Å²) in [5.41, 5.74) is 5.92. The average molecular weight is 338 g/mol. The molecule has 2 nitrogen and oxygen atoms in total. The third-order valence-corrected chi connectivity index (χ3v) is 5.46. The zero-order valence-electron chi connectivity index (χ0n) is 16.0. The summed E-state index contributed by atoms with van der Waals surface area (Å²) in [5.74, 6) is 0.180. The van der Waals surface area contributed by atoms with Crippen LogP contribution in [0.5, 0.6) is 0 Å². The van der Waals surface area contributed by atoms with Crippen LogP contribution in [-0.2, 0) is 0 Å². The summed E-state index contributed by atoms with van der Waals surface area (Å²) in [7, 11) is 2.05. The number of hydrogen-bond acceptors (Lipinski definition) is 2. The van der Waals surface area contributed by atoms with Crippen LogP contribution in [0.3, 0.4) is 0 Å². The molecule has 1 unspecified atom stereocenters. The fourth-order valence-corrected chi connectivity index (χ4v) is 3.70. The minimum Gasteiger partial charge on any atom is -0.369 e. The number of halogens is 1. The predicted octanol–water partition coefficient (Wildman–Crippen LogP) is 5.92. The van der Waals surface area contributed by atoms with Gasteiger partial charge in [0.15, 0.2) is 0 Å². The van der Waals surface area contributed by atoms with Crippen molar-refractivity contribution in [3.63, 3.8) is 0 Å². The van der Waals surface area contributed by atoms with Gasteiger partial charge in [-0.25, -0.2) is 4.39 Å². The number of fused-ring (bicyclic) bond motifs is 1. The quantitative estimate of drug-likeness (QED) is 0.621. The van der Waals surface area contributed by atoms with Crippen molar-refractivity contribution in [2.24, 2.45) is 4.99 Å². The lowest BCUT2D eigenvalue weighted by Crippen LogP contribution is -2.45. The van der Waals surface area contributed by atoms with Crippen LogP contribution >= 0.6 is 0 Å². The highest BCUT2D eigenvalue weighted by atomic mass is 19.1. The lowest BCUT2D eigenvalue weighted by Gasteiger charge is -2.45. The summed E-state index contributed by atoms with van der Waals surface area (Å²) in [5, 5.41) is 0. The maximum atomic E-state index is 14.7. The normalized spacial score (nSPS) is 19.3. The second-order valence-corrected chi connectivity index (χ2v) is 7.96. The Balaban J connectivity index is 2.01. The number of nitrogens with zero attached hydrogens (tertiary/aromatic N) is 2. The molecule has 0 bridgehead atoms. The van der Waals surface area contributed by atoms with Gasteiger partial charge >= 0.3 is 0 Å². The van der Waals surface area contributed by atoms with Crippen LogP contribution in [0.4, 0.5) is 15.8 Å². The van der Waals surface area contributed by atoms with E-state index >= 15 is 0 Å². The van der Waals surface area contributed by atoms with E-state index in [1.807, 2.05) is 39.1 Å². The van der Waals surface area contributed by atoms with Crippen LogP contribution in [-0.4, -0.2) is 18.8 Å². The number of aliphatic imine (C=N–C) groups is 1. The molecule has 1 aliphatic rings. The first kappa shape index (κ1) is 17.7. The topological polar surface area (TPSA) is 15.6 Å². The Morgan fingerprint density at radius 1 is 1.20 bits per heavy atom. The van der Waals surface area contributed by atoms with Crippen LogP contribution in [0.1, 0.15) is 55.4 Å². The molecule has 0 saturated heterocycles. The first-order valence-electron chi connectivity index (χ1n) is 8.87. The Hall–Kier alpha value is -2.16. The lowest BCUT2D eigenvalue weighted by molar-refractivity contribution is 0.394. The standard InChI is InChI=1S/C22H27FN2/c1-14-7-8-15(2)20(9-14)24-13-17-10-18-16(3)12-22(4,5)25(6)21(18)11-19(17)23/h7-11,13,16H,12H2,1-6H3. The summed E-state index contributed by atoms with van der Waals surface area (Å²) in [6, 6.07) is 9.77. The summed E-state index contributed by atoms with van der Waals surface area (Å²) < 4.78 is 14.7. The molecule has 3 heteroatoms. The van der Waals surface area contributed by atoms with Gasteiger partial charge in [0.2, 0.25) is 0 Å². The molecule has 2 aromatic carbocycles. The highest BCUT2D eigenvalue weighted by Crippen LogP contribution is 2.43. The zero-order valence-corrected chi connectivity index (χ0v) is 16.0. The summed E-state index contributed by atoms with van der Waals surface area (Å²) >= 11 is 0. The van der Waals surface area contributed by atoms with Gasteiger partial charge in [0, 0.05) is 30.1 Å². The molecule has 0 aliphatic carbocycles. The second-order valence-electron chi connectivity index (χ2n) is 7.96. The van der Waals surface area contributed by atoms with E-state index in [0.717, 1.165) is 28.9 Å². The Labute approximate surface area is 150 Å². The van der Waals surface area contributed by atoms with E-state index in [1.165, 1.54) is 5.56 Å². The second kappa shape index (κ2) is 6.29. The van der Waals surface area contributed by atoms with E-state index in [-0.39, 0.29) is 11.4 Å². The van der Waals surface area contributed by atoms with Gasteiger partial charge in [-0.2, -0.15) is 0 Å². The fourth-order valence-electron chi connectivity index (χ4n) is 3.70. The molecule has 25 heavy (non-hydrogen) atoms. The maximum Gasteiger partial charge on any atom is 0.134 e.